The van der Waals surface area contributed by atoms with Gasteiger partial charge in [0.2, 0.25) is 0 Å². The molecule has 0 amide bonds. The minimum atomic E-state index is 0.274. The number of aliphatic hydroxyl groups is 1. The molecule has 0 unspecified atom stereocenters. The molecule has 2 N–H and O–H groups in total. The van der Waals surface area contributed by atoms with Crippen molar-refractivity contribution in [1.29, 1.82) is 0 Å². The maximum atomic E-state index is 8.70. The molecule has 0 spiro atoms. The minimum Gasteiger partial charge on any atom is -0.497 e. The van der Waals surface area contributed by atoms with E-state index in [1.807, 2.05) is 30.3 Å². The summed E-state index contributed by atoms with van der Waals surface area (Å²) in [5.41, 5.74) is 0.959. The zero-order valence-electron chi connectivity index (χ0n) is 11.2. The first-order chi connectivity index (χ1) is 9.33. The smallest absolute Gasteiger partial charge is 0.126 e. The Morgan fingerprint density at radius 3 is 2.84 bits per heavy atom. The Bertz CT molecular complexity index is 529. The molecule has 4 heteroatoms. The molecule has 0 radical (unpaired) electrons. The van der Waals surface area contributed by atoms with Crippen LogP contribution in [-0.2, 0) is 0 Å². The summed E-state index contributed by atoms with van der Waals surface area (Å²) in [7, 11) is 1.66. The van der Waals surface area contributed by atoms with Crippen molar-refractivity contribution >= 4 is 16.7 Å². The Labute approximate surface area is 113 Å². The molecule has 0 aliphatic heterocycles. The third-order valence-electron chi connectivity index (χ3n) is 3.04. The summed E-state index contributed by atoms with van der Waals surface area (Å²) < 4.78 is 5.19. The van der Waals surface area contributed by atoms with Gasteiger partial charge >= 0.3 is 0 Å². The van der Waals surface area contributed by atoms with Gasteiger partial charge in [-0.15, -0.1) is 0 Å². The van der Waals surface area contributed by atoms with Crippen molar-refractivity contribution in [3.63, 3.8) is 0 Å². The summed E-state index contributed by atoms with van der Waals surface area (Å²) in [6, 6.07) is 9.88. The van der Waals surface area contributed by atoms with Gasteiger partial charge in [0.15, 0.2) is 0 Å². The van der Waals surface area contributed by atoms with Gasteiger partial charge in [-0.1, -0.05) is 0 Å². The number of pyridine rings is 1. The monoisotopic (exact) mass is 260 g/mol. The molecule has 1 aromatic carbocycles. The lowest BCUT2D eigenvalue weighted by Gasteiger charge is -2.07. The van der Waals surface area contributed by atoms with Crippen LogP contribution in [-0.4, -0.2) is 30.4 Å². The second-order valence-corrected chi connectivity index (χ2v) is 4.47. The van der Waals surface area contributed by atoms with E-state index in [2.05, 4.69) is 10.3 Å². The lowest BCUT2D eigenvalue weighted by molar-refractivity contribution is 0.283. The van der Waals surface area contributed by atoms with Gasteiger partial charge in [0.05, 0.1) is 12.6 Å². The zero-order chi connectivity index (χ0) is 13.5. The second-order valence-electron chi connectivity index (χ2n) is 4.47. The van der Waals surface area contributed by atoms with Crippen LogP contribution in [0.2, 0.25) is 0 Å². The third-order valence-corrected chi connectivity index (χ3v) is 3.04. The van der Waals surface area contributed by atoms with Crippen LogP contribution in [0, 0.1) is 0 Å². The number of nitrogens with zero attached hydrogens (tertiary/aromatic N) is 1. The van der Waals surface area contributed by atoms with E-state index in [0.717, 1.165) is 48.3 Å². The van der Waals surface area contributed by atoms with Crippen molar-refractivity contribution in [2.45, 2.75) is 19.3 Å². The Morgan fingerprint density at radius 1 is 1.16 bits per heavy atom. The van der Waals surface area contributed by atoms with Crippen molar-refractivity contribution in [2.24, 2.45) is 0 Å². The minimum absolute atomic E-state index is 0.274. The number of unbranched alkanes of at least 4 members (excludes halogenated alkanes) is 2. The SMILES string of the molecule is COc1ccc2nc(NCCCCCO)ccc2c1. The van der Waals surface area contributed by atoms with Crippen LogP contribution in [0.1, 0.15) is 19.3 Å². The molecule has 0 saturated heterocycles. The zero-order valence-corrected chi connectivity index (χ0v) is 11.2. The molecule has 2 rings (SSSR count). The number of benzene rings is 1. The van der Waals surface area contributed by atoms with Crippen LogP contribution >= 0.6 is 0 Å². The molecule has 19 heavy (non-hydrogen) atoms. The van der Waals surface area contributed by atoms with E-state index in [9.17, 15) is 0 Å². The van der Waals surface area contributed by atoms with Gasteiger partial charge in [0.1, 0.15) is 11.6 Å². The van der Waals surface area contributed by atoms with Gasteiger partial charge in [0.25, 0.3) is 0 Å². The first-order valence-electron chi connectivity index (χ1n) is 6.63. The normalized spacial score (nSPS) is 10.6. The largest absolute Gasteiger partial charge is 0.497 e. The lowest BCUT2D eigenvalue weighted by Crippen LogP contribution is -2.03. The number of nitrogens with one attached hydrogen (secondary N) is 1. The highest BCUT2D eigenvalue weighted by Gasteiger charge is 2.00. The average Bonchev–Trinajstić information content (AvgIpc) is 2.46. The molecule has 0 aliphatic rings. The van der Waals surface area contributed by atoms with Crippen molar-refractivity contribution < 1.29 is 9.84 Å². The summed E-state index contributed by atoms with van der Waals surface area (Å²) in [6.07, 6.45) is 2.95. The molecule has 0 aliphatic carbocycles. The Hall–Kier alpha value is -1.81. The summed E-state index contributed by atoms with van der Waals surface area (Å²) in [5.74, 6) is 1.74. The van der Waals surface area contributed by atoms with Crippen LogP contribution < -0.4 is 10.1 Å². The van der Waals surface area contributed by atoms with E-state index in [-0.39, 0.29) is 6.61 Å². The van der Waals surface area contributed by atoms with E-state index in [1.165, 1.54) is 0 Å². The van der Waals surface area contributed by atoms with Crippen LogP contribution in [0.15, 0.2) is 30.3 Å². The van der Waals surface area contributed by atoms with Gasteiger partial charge in [-0.25, -0.2) is 4.98 Å². The number of aliphatic hydroxyl groups excluding tert-OH is 1. The molecule has 2 aromatic rings. The Balaban J connectivity index is 1.97. The molecular weight excluding hydrogens is 240 g/mol. The average molecular weight is 260 g/mol. The van der Waals surface area contributed by atoms with Crippen LogP contribution in [0.3, 0.4) is 0 Å². The number of aromatic nitrogens is 1. The summed E-state index contributed by atoms with van der Waals surface area (Å²) in [6.45, 7) is 1.16. The van der Waals surface area contributed by atoms with Crippen molar-refractivity contribution in [1.82, 2.24) is 4.98 Å². The predicted molar refractivity (Wildman–Crippen MR) is 77.7 cm³/mol. The quantitative estimate of drug-likeness (QED) is 0.752. The molecule has 0 bridgehead atoms. The molecule has 4 nitrogen and oxygen atoms in total. The molecule has 0 saturated carbocycles. The highest BCUT2D eigenvalue weighted by molar-refractivity contribution is 5.81. The number of hydrogen-bond acceptors (Lipinski definition) is 4. The van der Waals surface area contributed by atoms with E-state index >= 15 is 0 Å². The highest BCUT2D eigenvalue weighted by atomic mass is 16.5. The highest BCUT2D eigenvalue weighted by Crippen LogP contribution is 2.20. The number of anilines is 1. The van der Waals surface area contributed by atoms with E-state index in [1.54, 1.807) is 7.11 Å². The fourth-order valence-electron chi connectivity index (χ4n) is 1.96. The number of ether oxygens (including phenoxy) is 1. The topological polar surface area (TPSA) is 54.4 Å². The maximum absolute atomic E-state index is 8.70. The predicted octanol–water partition coefficient (Wildman–Crippen LogP) is 2.82. The van der Waals surface area contributed by atoms with Crippen LogP contribution in [0.4, 0.5) is 5.82 Å². The molecular formula is C15H20N2O2. The second kappa shape index (κ2) is 6.95. The van der Waals surface area contributed by atoms with Gasteiger partial charge in [-0.05, 0) is 49.6 Å². The first-order valence-corrected chi connectivity index (χ1v) is 6.63. The maximum Gasteiger partial charge on any atom is 0.126 e. The van der Waals surface area contributed by atoms with Crippen LogP contribution in [0.25, 0.3) is 10.9 Å². The number of fused-ring (bicyclic) bond motifs is 1. The van der Waals surface area contributed by atoms with Crippen LogP contribution in [0.5, 0.6) is 5.75 Å². The van der Waals surface area contributed by atoms with Gasteiger partial charge in [0, 0.05) is 18.5 Å². The Kier molecular flexibility index (Phi) is 4.98. The van der Waals surface area contributed by atoms with Gasteiger partial charge in [-0.2, -0.15) is 0 Å². The number of rotatable bonds is 7. The third kappa shape index (κ3) is 3.83. The summed E-state index contributed by atoms with van der Waals surface area (Å²) in [5, 5.41) is 13.1. The van der Waals surface area contributed by atoms with E-state index in [0.29, 0.717) is 0 Å². The summed E-state index contributed by atoms with van der Waals surface area (Å²) >= 11 is 0. The molecule has 0 fully saturated rings. The number of methoxy groups -OCH3 is 1. The van der Waals surface area contributed by atoms with E-state index < -0.39 is 0 Å². The fraction of sp³-hybridized carbons (Fsp3) is 0.400. The van der Waals surface area contributed by atoms with Crippen molar-refractivity contribution in [3.8, 4) is 5.75 Å². The van der Waals surface area contributed by atoms with E-state index in [4.69, 9.17) is 9.84 Å². The lowest BCUT2D eigenvalue weighted by atomic mass is 10.2. The molecule has 1 heterocycles. The standard InChI is InChI=1S/C15H20N2O2/c1-19-13-6-7-14-12(11-13)5-8-15(17-14)16-9-3-2-4-10-18/h5-8,11,18H,2-4,9-10H2,1H3,(H,16,17). The molecule has 1 aromatic heterocycles. The molecule has 102 valence electrons. The van der Waals surface area contributed by atoms with Gasteiger partial charge < -0.3 is 15.2 Å². The van der Waals surface area contributed by atoms with Gasteiger partial charge in [-0.3, -0.25) is 0 Å². The summed E-state index contributed by atoms with van der Waals surface area (Å²) in [4.78, 5) is 4.55. The first kappa shape index (κ1) is 13.6. The number of hydrogen-bond donors (Lipinski definition) is 2. The Morgan fingerprint density at radius 2 is 2.05 bits per heavy atom. The fourth-order valence-corrected chi connectivity index (χ4v) is 1.96. The molecule has 0 atom stereocenters. The van der Waals surface area contributed by atoms with Crippen molar-refractivity contribution in [3.05, 3.63) is 30.3 Å². The van der Waals surface area contributed by atoms with Crippen molar-refractivity contribution in [2.75, 3.05) is 25.6 Å².